The second kappa shape index (κ2) is 13.7. The van der Waals surface area contributed by atoms with Crippen LogP contribution in [0.1, 0.15) is 40.5 Å². The van der Waals surface area contributed by atoms with Crippen LogP contribution in [0.5, 0.6) is 11.5 Å². The van der Waals surface area contributed by atoms with Gasteiger partial charge in [0.2, 0.25) is 6.33 Å². The number of imidazole rings is 1. The molecule has 0 aliphatic heterocycles. The van der Waals surface area contributed by atoms with Crippen LogP contribution in [0.4, 0.5) is 0 Å². The number of para-hydroxylation sites is 2. The fourth-order valence-electron chi connectivity index (χ4n) is 2.93. The van der Waals surface area contributed by atoms with Crippen molar-refractivity contribution in [2.45, 2.75) is 26.3 Å². The number of carbonyl (C=O) groups is 2. The average Bonchev–Trinajstić information content (AvgIpc) is 3.27. The molecule has 180 valence electrons. The van der Waals surface area contributed by atoms with Crippen LogP contribution in [0.25, 0.3) is 0 Å². The Morgan fingerprint density at radius 2 is 1.44 bits per heavy atom. The summed E-state index contributed by atoms with van der Waals surface area (Å²) in [7, 11) is 2.48. The first kappa shape index (κ1) is 26.5. The third-order valence-electron chi connectivity index (χ3n) is 4.65. The summed E-state index contributed by atoms with van der Waals surface area (Å²) in [4.78, 5) is 23.9. The zero-order valence-electron chi connectivity index (χ0n) is 19.8. The molecule has 1 aromatic heterocycles. The quantitative estimate of drug-likeness (QED) is 0.350. The lowest BCUT2D eigenvalue weighted by molar-refractivity contribution is -0.671. The highest BCUT2D eigenvalue weighted by molar-refractivity contribution is 6.39. The topological polar surface area (TPSA) is 103 Å². The van der Waals surface area contributed by atoms with Gasteiger partial charge in [0, 0.05) is 0 Å². The van der Waals surface area contributed by atoms with Crippen LogP contribution in [0, 0.1) is 0 Å². The maximum atomic E-state index is 12.0. The zero-order chi connectivity index (χ0) is 24.9. The molecule has 0 saturated heterocycles. The Kier molecular flexibility index (Phi) is 10.7. The van der Waals surface area contributed by atoms with Crippen LogP contribution in [0.3, 0.4) is 0 Å². The molecule has 10 heteroatoms. The third-order valence-corrected chi connectivity index (χ3v) is 4.65. The summed E-state index contributed by atoms with van der Waals surface area (Å²) in [5.74, 6) is -1.43. The molecule has 0 atom stereocenters. The molecule has 0 fully saturated rings. The lowest BCUT2D eigenvalue weighted by atomic mass is 10.1. The molecule has 0 saturated carbocycles. The molecular formula is C24H29BN2O7. The molecule has 3 rings (SSSR count). The number of hydrogen-bond donors (Lipinski definition) is 0. The van der Waals surface area contributed by atoms with Gasteiger partial charge in [-0.25, -0.2) is 18.7 Å². The van der Waals surface area contributed by atoms with E-state index in [0.717, 1.165) is 6.54 Å². The van der Waals surface area contributed by atoms with E-state index in [1.54, 1.807) is 24.3 Å². The Hall–Kier alpha value is -3.79. The third kappa shape index (κ3) is 7.97. The number of nitrogens with zero attached hydrogens (tertiary/aromatic N) is 2. The molecule has 0 aliphatic rings. The summed E-state index contributed by atoms with van der Waals surface area (Å²) in [6.07, 6.45) is 8.82. The van der Waals surface area contributed by atoms with E-state index in [9.17, 15) is 14.6 Å². The second-order valence-corrected chi connectivity index (χ2v) is 7.17. The summed E-state index contributed by atoms with van der Waals surface area (Å²) < 4.78 is 23.5. The fourth-order valence-corrected chi connectivity index (χ4v) is 2.93. The number of carbonyl (C=O) groups excluding carboxylic acids is 2. The van der Waals surface area contributed by atoms with E-state index in [2.05, 4.69) is 44.1 Å². The molecule has 2 aromatic carbocycles. The van der Waals surface area contributed by atoms with E-state index in [4.69, 9.17) is 9.47 Å². The SMILES string of the molecule is CCCCn1cc[n+](C)c1.COc1ccccc1C(=O)OB([O-])OC(=O)c1ccccc1OC. The van der Waals surface area contributed by atoms with Gasteiger partial charge in [0.05, 0.1) is 38.9 Å². The summed E-state index contributed by atoms with van der Waals surface area (Å²) in [5.41, 5.74) is 0.100. The second-order valence-electron chi connectivity index (χ2n) is 7.17. The van der Waals surface area contributed by atoms with E-state index in [1.165, 1.54) is 51.3 Å². The zero-order valence-corrected chi connectivity index (χ0v) is 19.8. The number of methoxy groups -OCH3 is 2. The minimum atomic E-state index is -2.32. The molecule has 0 radical (unpaired) electrons. The fraction of sp³-hybridized carbons (Fsp3) is 0.292. The Bertz CT molecular complexity index is 1010. The van der Waals surface area contributed by atoms with E-state index in [-0.39, 0.29) is 22.6 Å². The Morgan fingerprint density at radius 3 is 1.85 bits per heavy atom. The maximum Gasteiger partial charge on any atom is 0.496 e. The van der Waals surface area contributed by atoms with Crippen LogP contribution in [-0.4, -0.2) is 38.0 Å². The first-order chi connectivity index (χ1) is 16.4. The van der Waals surface area contributed by atoms with Crippen molar-refractivity contribution in [2.75, 3.05) is 14.2 Å². The molecule has 0 unspecified atom stereocenters. The molecule has 0 bridgehead atoms. The van der Waals surface area contributed by atoms with Crippen molar-refractivity contribution in [3.63, 3.8) is 0 Å². The number of aryl methyl sites for hydroxylation is 2. The molecule has 3 aromatic rings. The van der Waals surface area contributed by atoms with Crippen LogP contribution < -0.4 is 19.1 Å². The van der Waals surface area contributed by atoms with Crippen molar-refractivity contribution in [1.82, 2.24) is 4.57 Å². The lowest BCUT2D eigenvalue weighted by Gasteiger charge is -2.19. The first-order valence-electron chi connectivity index (χ1n) is 10.7. The van der Waals surface area contributed by atoms with E-state index >= 15 is 0 Å². The van der Waals surface area contributed by atoms with E-state index in [0.29, 0.717) is 0 Å². The highest BCUT2D eigenvalue weighted by Crippen LogP contribution is 2.20. The van der Waals surface area contributed by atoms with Crippen molar-refractivity contribution >= 4 is 19.3 Å². The van der Waals surface area contributed by atoms with Gasteiger partial charge in [0.15, 0.2) is 0 Å². The largest absolute Gasteiger partial charge is 0.808 e. The van der Waals surface area contributed by atoms with Crippen LogP contribution in [0.2, 0.25) is 0 Å². The van der Waals surface area contributed by atoms with E-state index in [1.807, 2.05) is 7.05 Å². The monoisotopic (exact) mass is 468 g/mol. The number of benzene rings is 2. The Morgan fingerprint density at radius 1 is 0.941 bits per heavy atom. The number of ether oxygens (including phenoxy) is 2. The molecule has 1 heterocycles. The summed E-state index contributed by atoms with van der Waals surface area (Å²) in [6, 6.07) is 12.4. The summed E-state index contributed by atoms with van der Waals surface area (Å²) >= 11 is 0. The van der Waals surface area contributed by atoms with Crippen LogP contribution in [0.15, 0.2) is 67.3 Å². The molecule has 9 nitrogen and oxygen atoms in total. The number of hydrogen-bond acceptors (Lipinski definition) is 7. The van der Waals surface area contributed by atoms with Crippen molar-refractivity contribution in [1.29, 1.82) is 0 Å². The van der Waals surface area contributed by atoms with Gasteiger partial charge in [-0.2, -0.15) is 0 Å². The first-order valence-corrected chi connectivity index (χ1v) is 10.7. The predicted octanol–water partition coefficient (Wildman–Crippen LogP) is 2.18. The predicted molar refractivity (Wildman–Crippen MR) is 123 cm³/mol. The van der Waals surface area contributed by atoms with Gasteiger partial charge < -0.3 is 23.8 Å². The minimum absolute atomic E-state index is 0.0502. The van der Waals surface area contributed by atoms with Gasteiger partial charge in [0.25, 0.3) is 0 Å². The summed E-state index contributed by atoms with van der Waals surface area (Å²) in [5, 5.41) is 11.7. The lowest BCUT2D eigenvalue weighted by Crippen LogP contribution is -2.41. The highest BCUT2D eigenvalue weighted by Gasteiger charge is 2.21. The molecular weight excluding hydrogens is 439 g/mol. The van der Waals surface area contributed by atoms with Gasteiger partial charge in [-0.05, 0) is 30.7 Å². The Balaban J connectivity index is 0.000000340. The maximum absolute atomic E-state index is 12.0. The summed E-state index contributed by atoms with van der Waals surface area (Å²) in [6.45, 7) is 3.36. The van der Waals surface area contributed by atoms with Crippen molar-refractivity contribution in [2.24, 2.45) is 7.05 Å². The van der Waals surface area contributed by atoms with Gasteiger partial charge in [-0.15, -0.1) is 0 Å². The normalized spacial score (nSPS) is 9.91. The van der Waals surface area contributed by atoms with Crippen molar-refractivity contribution in [3.8, 4) is 11.5 Å². The van der Waals surface area contributed by atoms with Gasteiger partial charge >= 0.3 is 19.3 Å². The molecule has 0 aliphatic carbocycles. The van der Waals surface area contributed by atoms with Crippen molar-refractivity contribution in [3.05, 3.63) is 78.4 Å². The number of aromatic nitrogens is 2. The van der Waals surface area contributed by atoms with Gasteiger partial charge in [-0.1, -0.05) is 37.6 Å². The standard InChI is InChI=1S/C16H14BO7.C8H15N2/c1-21-13-9-5-3-7-11(13)15(18)23-17(20)24-16(19)12-8-4-6-10-14(12)22-2;1-3-4-5-10-7-6-9(2)8-10/h3-10H,1-2H3;6-8H,3-5H2,1-2H3/q-1;+1. The van der Waals surface area contributed by atoms with Gasteiger partial charge in [-0.3, -0.25) is 0 Å². The number of unbranched alkanes of at least 4 members (excludes halogenated alkanes) is 1. The minimum Gasteiger partial charge on any atom is -0.808 e. The molecule has 0 N–H and O–H groups in total. The van der Waals surface area contributed by atoms with Crippen LogP contribution >= 0.6 is 0 Å². The average molecular weight is 468 g/mol. The van der Waals surface area contributed by atoms with E-state index < -0.39 is 19.3 Å². The smallest absolute Gasteiger partial charge is 0.496 e. The molecule has 0 spiro atoms. The van der Waals surface area contributed by atoms with Gasteiger partial charge in [0.1, 0.15) is 23.9 Å². The highest BCUT2D eigenvalue weighted by atomic mass is 16.7. The van der Waals surface area contributed by atoms with Crippen molar-refractivity contribution < 1.29 is 38.0 Å². The van der Waals surface area contributed by atoms with Crippen LogP contribution in [-0.2, 0) is 22.9 Å². The molecule has 0 amide bonds. The number of rotatable bonds is 9. The molecule has 34 heavy (non-hydrogen) atoms. The Labute approximate surface area is 199 Å².